The first-order valence-corrected chi connectivity index (χ1v) is 4.52. The number of nitrogen functional groups attached to an aromatic ring is 1. The van der Waals surface area contributed by atoms with Gasteiger partial charge in [0.05, 0.1) is 13.5 Å². The van der Waals surface area contributed by atoms with Crippen LogP contribution in [0.3, 0.4) is 0 Å². The molecule has 1 rings (SSSR count). The lowest BCUT2D eigenvalue weighted by atomic mass is 10.1. The largest absolute Gasteiger partial charge is 0.469 e. The third-order valence-corrected chi connectivity index (χ3v) is 1.90. The summed E-state index contributed by atoms with van der Waals surface area (Å²) in [5, 5.41) is 0. The molecule has 1 aromatic rings. The van der Waals surface area contributed by atoms with E-state index >= 15 is 0 Å². The second-order valence-corrected chi connectivity index (χ2v) is 3.08. The summed E-state index contributed by atoms with van der Waals surface area (Å²) in [7, 11) is 1.24. The number of nitrogens with two attached hydrogens (primary N) is 1. The van der Waals surface area contributed by atoms with E-state index in [1.165, 1.54) is 19.3 Å². The van der Waals surface area contributed by atoms with Gasteiger partial charge in [0.25, 0.3) is 0 Å². The van der Waals surface area contributed by atoms with E-state index in [-0.39, 0.29) is 17.7 Å². The van der Waals surface area contributed by atoms with Gasteiger partial charge in [-0.3, -0.25) is 4.79 Å². The van der Waals surface area contributed by atoms with Gasteiger partial charge in [-0.05, 0) is 12.1 Å². The Balaban J connectivity index is 2.85. The molecule has 0 amide bonds. The molecular weight excluding hydrogens is 216 g/mol. The van der Waals surface area contributed by atoms with Crippen molar-refractivity contribution in [2.24, 2.45) is 0 Å². The molecule has 0 aromatic heterocycles. The fourth-order valence-corrected chi connectivity index (χ4v) is 1.12. The average molecular weight is 227 g/mol. The van der Waals surface area contributed by atoms with E-state index in [0.29, 0.717) is 0 Å². The quantitative estimate of drug-likeness (QED) is 0.635. The second kappa shape index (κ2) is 5.25. The molecule has 0 aliphatic carbocycles. The second-order valence-electron chi connectivity index (χ2n) is 3.08. The Kier molecular flexibility index (Phi) is 3.99. The van der Waals surface area contributed by atoms with Gasteiger partial charge in [-0.2, -0.15) is 0 Å². The van der Waals surface area contributed by atoms with Gasteiger partial charge < -0.3 is 10.5 Å². The summed E-state index contributed by atoms with van der Waals surface area (Å²) in [5.74, 6) is -2.01. The number of carbonyl (C=O) groups excluding carboxylic acids is 1. The first kappa shape index (κ1) is 12.2. The Bertz CT molecular complexity index is 407. The SMILES string of the molecule is COC(=O)CC=Cc1c(F)cc(N)cc1F. The predicted molar refractivity (Wildman–Crippen MR) is 56.4 cm³/mol. The van der Waals surface area contributed by atoms with Gasteiger partial charge in [-0.1, -0.05) is 12.2 Å². The van der Waals surface area contributed by atoms with Gasteiger partial charge in [0.2, 0.25) is 0 Å². The number of esters is 1. The lowest BCUT2D eigenvalue weighted by molar-refractivity contribution is -0.139. The molecule has 0 aliphatic rings. The molecule has 16 heavy (non-hydrogen) atoms. The lowest BCUT2D eigenvalue weighted by Gasteiger charge is -2.01. The number of ether oxygens (including phenoxy) is 1. The minimum Gasteiger partial charge on any atom is -0.469 e. The van der Waals surface area contributed by atoms with Crippen LogP contribution in [-0.4, -0.2) is 13.1 Å². The molecule has 0 aliphatic heterocycles. The lowest BCUT2D eigenvalue weighted by Crippen LogP contribution is -1.97. The van der Waals surface area contributed by atoms with Crippen molar-refractivity contribution >= 4 is 17.7 Å². The van der Waals surface area contributed by atoms with Crippen molar-refractivity contribution in [3.63, 3.8) is 0 Å². The molecule has 0 spiro atoms. The van der Waals surface area contributed by atoms with Gasteiger partial charge in [0.15, 0.2) is 0 Å². The normalized spacial score (nSPS) is 10.7. The van der Waals surface area contributed by atoms with Gasteiger partial charge in [-0.25, -0.2) is 8.78 Å². The van der Waals surface area contributed by atoms with E-state index in [2.05, 4.69) is 4.74 Å². The zero-order valence-electron chi connectivity index (χ0n) is 8.67. The molecule has 5 heteroatoms. The molecule has 1 aromatic carbocycles. The number of methoxy groups -OCH3 is 1. The summed E-state index contributed by atoms with van der Waals surface area (Å²) in [6, 6.07) is 2.03. The minimum absolute atomic E-state index is 0.0140. The van der Waals surface area contributed by atoms with Crippen LogP contribution in [0.5, 0.6) is 0 Å². The number of halogens is 2. The van der Waals surface area contributed by atoms with E-state index in [4.69, 9.17) is 5.73 Å². The number of hydrogen-bond acceptors (Lipinski definition) is 3. The predicted octanol–water partition coefficient (Wildman–Crippen LogP) is 2.12. The van der Waals surface area contributed by atoms with Crippen LogP contribution in [-0.2, 0) is 9.53 Å². The summed E-state index contributed by atoms with van der Waals surface area (Å²) < 4.78 is 30.8. The zero-order chi connectivity index (χ0) is 12.1. The first-order valence-electron chi connectivity index (χ1n) is 4.52. The summed E-state index contributed by atoms with van der Waals surface area (Å²) in [6.07, 6.45) is 2.46. The number of benzene rings is 1. The number of hydrogen-bond donors (Lipinski definition) is 1. The van der Waals surface area contributed by atoms with Crippen molar-refractivity contribution in [3.05, 3.63) is 35.4 Å². The molecule has 86 valence electrons. The maximum Gasteiger partial charge on any atom is 0.309 e. The maximum atomic E-state index is 13.2. The Morgan fingerprint density at radius 3 is 2.50 bits per heavy atom. The number of carbonyl (C=O) groups is 1. The Morgan fingerprint density at radius 2 is 2.00 bits per heavy atom. The van der Waals surface area contributed by atoms with E-state index in [9.17, 15) is 13.6 Å². The highest BCUT2D eigenvalue weighted by atomic mass is 19.1. The van der Waals surface area contributed by atoms with Gasteiger partial charge in [0, 0.05) is 11.3 Å². The van der Waals surface area contributed by atoms with Crippen LogP contribution < -0.4 is 5.73 Å². The highest BCUT2D eigenvalue weighted by Gasteiger charge is 2.07. The molecular formula is C11H11F2NO2. The fraction of sp³-hybridized carbons (Fsp3) is 0.182. The van der Waals surface area contributed by atoms with Crippen LogP contribution in [0.15, 0.2) is 18.2 Å². The monoisotopic (exact) mass is 227 g/mol. The standard InChI is InChI=1S/C11H11F2NO2/c1-16-11(15)4-2-3-8-9(12)5-7(14)6-10(8)13/h2-3,5-6H,4,14H2,1H3. The summed E-state index contributed by atoms with van der Waals surface area (Å²) in [4.78, 5) is 10.7. The Labute approximate surface area is 91.5 Å². The average Bonchev–Trinajstić information content (AvgIpc) is 2.21. The third-order valence-electron chi connectivity index (χ3n) is 1.90. The molecule has 0 atom stereocenters. The summed E-state index contributed by atoms with van der Waals surface area (Å²) >= 11 is 0. The molecule has 3 nitrogen and oxygen atoms in total. The number of anilines is 1. The molecule has 2 N–H and O–H groups in total. The van der Waals surface area contributed by atoms with Gasteiger partial charge in [0.1, 0.15) is 11.6 Å². The van der Waals surface area contributed by atoms with Crippen LogP contribution in [0.25, 0.3) is 6.08 Å². The zero-order valence-corrected chi connectivity index (χ0v) is 8.67. The van der Waals surface area contributed by atoms with Crippen LogP contribution >= 0.6 is 0 Å². The van der Waals surface area contributed by atoms with Crippen molar-refractivity contribution in [3.8, 4) is 0 Å². The summed E-state index contributed by atoms with van der Waals surface area (Å²) in [5.41, 5.74) is 5.04. The molecule has 0 radical (unpaired) electrons. The first-order chi connectivity index (χ1) is 7.54. The van der Waals surface area contributed by atoms with Crippen LogP contribution in [0.4, 0.5) is 14.5 Å². The van der Waals surface area contributed by atoms with Crippen molar-refractivity contribution in [1.82, 2.24) is 0 Å². The van der Waals surface area contributed by atoms with Crippen LogP contribution in [0.2, 0.25) is 0 Å². The third kappa shape index (κ3) is 3.05. The molecule has 0 bridgehead atoms. The van der Waals surface area contributed by atoms with Crippen molar-refractivity contribution in [1.29, 1.82) is 0 Å². The molecule has 0 saturated heterocycles. The maximum absolute atomic E-state index is 13.2. The minimum atomic E-state index is -0.765. The topological polar surface area (TPSA) is 52.3 Å². The van der Waals surface area contributed by atoms with E-state index in [1.54, 1.807) is 0 Å². The van der Waals surface area contributed by atoms with Crippen molar-refractivity contribution in [2.75, 3.05) is 12.8 Å². The Morgan fingerprint density at radius 1 is 1.44 bits per heavy atom. The van der Waals surface area contributed by atoms with Crippen LogP contribution in [0.1, 0.15) is 12.0 Å². The van der Waals surface area contributed by atoms with E-state index < -0.39 is 17.6 Å². The highest BCUT2D eigenvalue weighted by molar-refractivity contribution is 5.72. The smallest absolute Gasteiger partial charge is 0.309 e. The van der Waals surface area contributed by atoms with E-state index in [0.717, 1.165) is 12.1 Å². The van der Waals surface area contributed by atoms with Gasteiger partial charge in [-0.15, -0.1) is 0 Å². The fourth-order valence-electron chi connectivity index (χ4n) is 1.12. The van der Waals surface area contributed by atoms with Crippen LogP contribution in [0, 0.1) is 11.6 Å². The van der Waals surface area contributed by atoms with Crippen molar-refractivity contribution in [2.45, 2.75) is 6.42 Å². The van der Waals surface area contributed by atoms with Crippen molar-refractivity contribution < 1.29 is 18.3 Å². The summed E-state index contributed by atoms with van der Waals surface area (Å²) in [6.45, 7) is 0. The molecule has 0 saturated carbocycles. The van der Waals surface area contributed by atoms with E-state index in [1.807, 2.05) is 0 Å². The number of rotatable bonds is 3. The molecule has 0 heterocycles. The molecule has 0 fully saturated rings. The molecule has 0 unspecified atom stereocenters. The Hall–Kier alpha value is -1.91. The highest BCUT2D eigenvalue weighted by Crippen LogP contribution is 2.18. The van der Waals surface area contributed by atoms with Gasteiger partial charge >= 0.3 is 5.97 Å².